The summed E-state index contributed by atoms with van der Waals surface area (Å²) in [6.07, 6.45) is -0.327. The number of thiazole rings is 1. The molecule has 1 aromatic heterocycles. The minimum atomic E-state index is -0.486. The van der Waals surface area contributed by atoms with Crippen LogP contribution in [0.5, 0.6) is 0 Å². The Morgan fingerprint density at radius 1 is 1.32 bits per heavy atom. The average Bonchev–Trinajstić information content (AvgIpc) is 2.80. The van der Waals surface area contributed by atoms with Gasteiger partial charge in [-0.05, 0) is 41.5 Å². The molecular formula is C17H31N5O2S. The van der Waals surface area contributed by atoms with Crippen LogP contribution in [0.25, 0.3) is 0 Å². The van der Waals surface area contributed by atoms with Gasteiger partial charge < -0.3 is 20.3 Å². The van der Waals surface area contributed by atoms with E-state index in [1.165, 1.54) is 4.88 Å². The standard InChI is InChI=1S/C17H31N5O2S/c1-8-18-15(20-11-14-12(2)21-13(3)25-14)19-9-10-22(7)16(23)24-17(4,5)6/h8-11H2,1-7H3,(H2,18,19,20). The number of likely N-dealkylation sites (N-methyl/N-ethyl adjacent to an activating group) is 1. The molecule has 1 amide bonds. The maximum atomic E-state index is 11.9. The van der Waals surface area contributed by atoms with Gasteiger partial charge in [0.1, 0.15) is 5.60 Å². The average molecular weight is 370 g/mol. The van der Waals surface area contributed by atoms with Crippen molar-refractivity contribution in [3.05, 3.63) is 15.6 Å². The van der Waals surface area contributed by atoms with E-state index in [0.29, 0.717) is 19.6 Å². The summed E-state index contributed by atoms with van der Waals surface area (Å²) in [6, 6.07) is 0. The van der Waals surface area contributed by atoms with Gasteiger partial charge in [0, 0.05) is 31.6 Å². The summed E-state index contributed by atoms with van der Waals surface area (Å²) in [4.78, 5) is 23.7. The van der Waals surface area contributed by atoms with E-state index in [1.54, 1.807) is 23.3 Å². The molecule has 0 aromatic carbocycles. The van der Waals surface area contributed by atoms with E-state index >= 15 is 0 Å². The summed E-state index contributed by atoms with van der Waals surface area (Å²) in [6.45, 7) is 14.1. The Bertz CT molecular complexity index is 592. The van der Waals surface area contributed by atoms with E-state index in [4.69, 9.17) is 4.74 Å². The molecule has 0 aliphatic carbocycles. The van der Waals surface area contributed by atoms with Crippen LogP contribution in [-0.2, 0) is 11.3 Å². The molecule has 8 heteroatoms. The highest BCUT2D eigenvalue weighted by molar-refractivity contribution is 7.11. The summed E-state index contributed by atoms with van der Waals surface area (Å²) in [5.41, 5.74) is 0.548. The molecule has 1 rings (SSSR count). The fourth-order valence-electron chi connectivity index (χ4n) is 1.99. The molecule has 0 spiro atoms. The SMILES string of the molecule is CCNC(=NCc1sc(C)nc1C)NCCN(C)C(=O)OC(C)(C)C. The van der Waals surface area contributed by atoms with Crippen LogP contribution in [0, 0.1) is 13.8 Å². The van der Waals surface area contributed by atoms with Gasteiger partial charge in [-0.3, -0.25) is 0 Å². The van der Waals surface area contributed by atoms with E-state index in [2.05, 4.69) is 20.6 Å². The lowest BCUT2D eigenvalue weighted by atomic mass is 10.2. The van der Waals surface area contributed by atoms with Gasteiger partial charge in [0.25, 0.3) is 0 Å². The summed E-state index contributed by atoms with van der Waals surface area (Å²) >= 11 is 1.67. The predicted molar refractivity (Wildman–Crippen MR) is 103 cm³/mol. The Kier molecular flexibility index (Phi) is 8.15. The Balaban J connectivity index is 2.51. The molecule has 1 aromatic rings. The third-order valence-electron chi connectivity index (χ3n) is 3.17. The van der Waals surface area contributed by atoms with Crippen LogP contribution in [-0.4, -0.2) is 54.2 Å². The van der Waals surface area contributed by atoms with Gasteiger partial charge in [0.05, 0.1) is 17.2 Å². The Morgan fingerprint density at radius 3 is 2.52 bits per heavy atom. The zero-order valence-electron chi connectivity index (χ0n) is 16.4. The lowest BCUT2D eigenvalue weighted by Gasteiger charge is -2.24. The lowest BCUT2D eigenvalue weighted by molar-refractivity contribution is 0.0302. The third kappa shape index (κ3) is 8.20. The molecule has 0 bridgehead atoms. The molecule has 0 radical (unpaired) electrons. The number of aryl methyl sites for hydroxylation is 2. The number of aromatic nitrogens is 1. The molecule has 0 unspecified atom stereocenters. The topological polar surface area (TPSA) is 78.9 Å². The van der Waals surface area contributed by atoms with Gasteiger partial charge in [-0.25, -0.2) is 14.8 Å². The molecule has 7 nitrogen and oxygen atoms in total. The number of hydrogen-bond acceptors (Lipinski definition) is 5. The van der Waals surface area contributed by atoms with Crippen molar-refractivity contribution in [3.63, 3.8) is 0 Å². The second-order valence-electron chi connectivity index (χ2n) is 6.77. The molecule has 0 atom stereocenters. The van der Waals surface area contributed by atoms with E-state index in [1.807, 2.05) is 41.5 Å². The number of rotatable bonds is 6. The number of guanidine groups is 1. The summed E-state index contributed by atoms with van der Waals surface area (Å²) in [7, 11) is 1.73. The van der Waals surface area contributed by atoms with Crippen molar-refractivity contribution in [2.24, 2.45) is 4.99 Å². The number of nitrogens with one attached hydrogen (secondary N) is 2. The number of amides is 1. The first-order valence-electron chi connectivity index (χ1n) is 8.51. The first kappa shape index (κ1) is 21.2. The lowest BCUT2D eigenvalue weighted by Crippen LogP contribution is -2.43. The molecule has 0 saturated heterocycles. The van der Waals surface area contributed by atoms with Gasteiger partial charge in [-0.2, -0.15) is 0 Å². The van der Waals surface area contributed by atoms with Crippen LogP contribution in [0.4, 0.5) is 4.79 Å². The molecule has 0 aliphatic rings. The zero-order chi connectivity index (χ0) is 19.0. The minimum Gasteiger partial charge on any atom is -0.444 e. The van der Waals surface area contributed by atoms with Crippen molar-refractivity contribution >= 4 is 23.4 Å². The Labute approximate surface area is 154 Å². The summed E-state index contributed by atoms with van der Waals surface area (Å²) < 4.78 is 5.33. The highest BCUT2D eigenvalue weighted by atomic mass is 32.1. The van der Waals surface area contributed by atoms with Crippen molar-refractivity contribution in [1.82, 2.24) is 20.5 Å². The molecule has 1 heterocycles. The summed E-state index contributed by atoms with van der Waals surface area (Å²) in [5, 5.41) is 7.50. The number of nitrogens with zero attached hydrogens (tertiary/aromatic N) is 3. The smallest absolute Gasteiger partial charge is 0.410 e. The number of aliphatic imine (C=N–C) groups is 1. The molecular weight excluding hydrogens is 338 g/mol. The van der Waals surface area contributed by atoms with Gasteiger partial charge in [-0.1, -0.05) is 0 Å². The first-order valence-corrected chi connectivity index (χ1v) is 9.33. The maximum absolute atomic E-state index is 11.9. The van der Waals surface area contributed by atoms with E-state index in [0.717, 1.165) is 23.2 Å². The zero-order valence-corrected chi connectivity index (χ0v) is 17.2. The fraction of sp³-hybridized carbons (Fsp3) is 0.706. The molecule has 2 N–H and O–H groups in total. The monoisotopic (exact) mass is 369 g/mol. The van der Waals surface area contributed by atoms with Crippen molar-refractivity contribution < 1.29 is 9.53 Å². The first-order chi connectivity index (χ1) is 11.6. The van der Waals surface area contributed by atoms with Crippen molar-refractivity contribution in [1.29, 1.82) is 0 Å². The highest BCUT2D eigenvalue weighted by Gasteiger charge is 2.19. The van der Waals surface area contributed by atoms with E-state index < -0.39 is 5.60 Å². The molecule has 0 saturated carbocycles. The van der Waals surface area contributed by atoms with Crippen LogP contribution in [0.1, 0.15) is 43.3 Å². The van der Waals surface area contributed by atoms with Crippen LogP contribution in [0.3, 0.4) is 0 Å². The van der Waals surface area contributed by atoms with Crippen LogP contribution < -0.4 is 10.6 Å². The quantitative estimate of drug-likeness (QED) is 0.595. The molecule has 142 valence electrons. The Morgan fingerprint density at radius 2 is 2.00 bits per heavy atom. The largest absolute Gasteiger partial charge is 0.444 e. The predicted octanol–water partition coefficient (Wildman–Crippen LogP) is 2.68. The Hall–Kier alpha value is -1.83. The second kappa shape index (κ2) is 9.60. The number of carbonyl (C=O) groups is 1. The van der Waals surface area contributed by atoms with Crippen molar-refractivity contribution in [2.45, 2.75) is 53.7 Å². The third-order valence-corrected chi connectivity index (χ3v) is 4.23. The van der Waals surface area contributed by atoms with Crippen LogP contribution in [0.2, 0.25) is 0 Å². The molecule has 0 aliphatic heterocycles. The normalized spacial score (nSPS) is 12.0. The van der Waals surface area contributed by atoms with E-state index in [-0.39, 0.29) is 6.09 Å². The summed E-state index contributed by atoms with van der Waals surface area (Å²) in [5.74, 6) is 0.727. The number of carbonyl (C=O) groups excluding carboxylic acids is 1. The number of ether oxygens (including phenoxy) is 1. The van der Waals surface area contributed by atoms with Crippen LogP contribution in [0.15, 0.2) is 4.99 Å². The molecule has 25 heavy (non-hydrogen) atoms. The van der Waals surface area contributed by atoms with Crippen LogP contribution >= 0.6 is 11.3 Å². The van der Waals surface area contributed by atoms with Gasteiger partial charge >= 0.3 is 6.09 Å². The van der Waals surface area contributed by atoms with Gasteiger partial charge in [0.15, 0.2) is 5.96 Å². The molecule has 0 fully saturated rings. The van der Waals surface area contributed by atoms with Crippen molar-refractivity contribution in [3.8, 4) is 0 Å². The van der Waals surface area contributed by atoms with Gasteiger partial charge in [-0.15, -0.1) is 11.3 Å². The van der Waals surface area contributed by atoms with E-state index in [9.17, 15) is 4.79 Å². The van der Waals surface area contributed by atoms with Gasteiger partial charge in [0.2, 0.25) is 0 Å². The van der Waals surface area contributed by atoms with Crippen molar-refractivity contribution in [2.75, 3.05) is 26.7 Å². The highest BCUT2D eigenvalue weighted by Crippen LogP contribution is 2.17. The second-order valence-corrected chi connectivity index (χ2v) is 8.05. The maximum Gasteiger partial charge on any atom is 0.410 e. The fourth-order valence-corrected chi connectivity index (χ4v) is 2.85. The number of hydrogen-bond donors (Lipinski definition) is 2. The minimum absolute atomic E-state index is 0.327.